The lowest BCUT2D eigenvalue weighted by Gasteiger charge is -2.16. The van der Waals surface area contributed by atoms with Crippen LogP contribution in [0.5, 0.6) is 0 Å². The molecule has 0 aliphatic carbocycles. The smallest absolute Gasteiger partial charge is 0.227 e. The molecular formula is C10H11N5O5. The summed E-state index contributed by atoms with van der Waals surface area (Å²) in [5.74, 6) is -0.125. The summed E-state index contributed by atoms with van der Waals surface area (Å²) in [6, 6.07) is 0. The minimum absolute atomic E-state index is 0.125. The van der Waals surface area contributed by atoms with Gasteiger partial charge in [0.2, 0.25) is 5.82 Å². The summed E-state index contributed by atoms with van der Waals surface area (Å²) in [6.45, 7) is -0.433. The van der Waals surface area contributed by atoms with Crippen LogP contribution in [0.3, 0.4) is 0 Å². The van der Waals surface area contributed by atoms with Crippen molar-refractivity contribution < 1.29 is 20.1 Å². The Balaban J connectivity index is 2.05. The highest BCUT2D eigenvalue weighted by molar-refractivity contribution is 5.80. The van der Waals surface area contributed by atoms with Crippen LogP contribution >= 0.6 is 0 Å². The second-order valence-corrected chi connectivity index (χ2v) is 4.34. The van der Waals surface area contributed by atoms with E-state index in [0.29, 0.717) is 0 Å². The first-order valence-electron chi connectivity index (χ1n) is 5.80. The standard InChI is InChI=1S/C10H11N5O5/c16-1-4-6(17)7(18)10(20-4)15-3-13-5-8(14-19)11-2-12-9(5)15/h2-4,6-7,10,16-18H,1H2/t4-,6-,7+,10-/m1/s1. The van der Waals surface area contributed by atoms with Gasteiger partial charge in [-0.1, -0.05) is 0 Å². The van der Waals surface area contributed by atoms with Gasteiger partial charge in [0.15, 0.2) is 17.4 Å². The van der Waals surface area contributed by atoms with E-state index in [1.54, 1.807) is 0 Å². The maximum atomic E-state index is 10.6. The molecule has 0 unspecified atom stereocenters. The molecule has 3 heterocycles. The number of hydrogen-bond donors (Lipinski definition) is 3. The first-order chi connectivity index (χ1) is 9.67. The van der Waals surface area contributed by atoms with Crippen LogP contribution in [0.1, 0.15) is 6.23 Å². The molecule has 20 heavy (non-hydrogen) atoms. The molecule has 0 amide bonds. The maximum absolute atomic E-state index is 10.6. The largest absolute Gasteiger partial charge is 0.394 e. The van der Waals surface area contributed by atoms with Crippen molar-refractivity contribution in [3.8, 4) is 0 Å². The Hall–Kier alpha value is -2.01. The van der Waals surface area contributed by atoms with Gasteiger partial charge in [0.05, 0.1) is 12.9 Å². The molecule has 1 aliphatic rings. The molecule has 10 nitrogen and oxygen atoms in total. The fourth-order valence-electron chi connectivity index (χ4n) is 2.20. The minimum Gasteiger partial charge on any atom is -0.394 e. The predicted molar refractivity (Wildman–Crippen MR) is 63.8 cm³/mol. The van der Waals surface area contributed by atoms with Gasteiger partial charge in [-0.2, -0.15) is 0 Å². The third kappa shape index (κ3) is 1.78. The van der Waals surface area contributed by atoms with E-state index in [1.807, 2.05) is 0 Å². The number of aromatic nitrogens is 4. The highest BCUT2D eigenvalue weighted by Crippen LogP contribution is 2.32. The molecule has 2 aromatic rings. The number of fused-ring (bicyclic) bond motifs is 1. The number of nitroso groups, excluding NO2 is 1. The van der Waals surface area contributed by atoms with E-state index in [-0.39, 0.29) is 17.0 Å². The van der Waals surface area contributed by atoms with Crippen molar-refractivity contribution in [2.45, 2.75) is 24.5 Å². The SMILES string of the molecule is O=Nc1ncnc2c1ncn2[C@@H]1O[C@H](CO)[C@@H](O)[C@@H]1O. The zero-order valence-corrected chi connectivity index (χ0v) is 10.1. The summed E-state index contributed by atoms with van der Waals surface area (Å²) >= 11 is 0. The lowest BCUT2D eigenvalue weighted by atomic mass is 10.1. The summed E-state index contributed by atoms with van der Waals surface area (Å²) in [7, 11) is 0. The van der Waals surface area contributed by atoms with Crippen molar-refractivity contribution in [2.24, 2.45) is 5.18 Å². The number of aliphatic hydroxyl groups excluding tert-OH is 3. The molecule has 106 valence electrons. The summed E-state index contributed by atoms with van der Waals surface area (Å²) in [6.07, 6.45) is -1.92. The molecule has 0 aromatic carbocycles. The second kappa shape index (κ2) is 4.83. The molecule has 0 saturated carbocycles. The molecule has 10 heteroatoms. The summed E-state index contributed by atoms with van der Waals surface area (Å²) < 4.78 is 6.72. The molecule has 3 rings (SSSR count). The average Bonchev–Trinajstić information content (AvgIpc) is 3.01. The van der Waals surface area contributed by atoms with Gasteiger partial charge in [-0.05, 0) is 5.18 Å². The molecule has 1 aliphatic heterocycles. The zero-order valence-electron chi connectivity index (χ0n) is 10.1. The van der Waals surface area contributed by atoms with Crippen molar-refractivity contribution >= 4 is 17.0 Å². The summed E-state index contributed by atoms with van der Waals surface area (Å²) in [4.78, 5) is 22.2. The fourth-order valence-corrected chi connectivity index (χ4v) is 2.20. The van der Waals surface area contributed by atoms with E-state index in [4.69, 9.17) is 9.84 Å². The number of rotatable bonds is 3. The van der Waals surface area contributed by atoms with Gasteiger partial charge in [-0.3, -0.25) is 4.57 Å². The minimum atomic E-state index is -1.26. The topological polar surface area (TPSA) is 143 Å². The second-order valence-electron chi connectivity index (χ2n) is 4.34. The monoisotopic (exact) mass is 281 g/mol. The molecule has 0 bridgehead atoms. The van der Waals surface area contributed by atoms with Crippen LogP contribution in [-0.4, -0.2) is 59.8 Å². The van der Waals surface area contributed by atoms with Gasteiger partial charge in [-0.15, -0.1) is 4.91 Å². The number of nitrogens with zero attached hydrogens (tertiary/aromatic N) is 5. The Kier molecular flexibility index (Phi) is 3.14. The normalized spacial score (nSPS) is 29.9. The maximum Gasteiger partial charge on any atom is 0.227 e. The van der Waals surface area contributed by atoms with Crippen LogP contribution in [0, 0.1) is 4.91 Å². The van der Waals surface area contributed by atoms with Crippen molar-refractivity contribution in [1.82, 2.24) is 19.5 Å². The molecule has 1 fully saturated rings. The quantitative estimate of drug-likeness (QED) is 0.597. The van der Waals surface area contributed by atoms with Crippen LogP contribution < -0.4 is 0 Å². The Morgan fingerprint density at radius 1 is 1.30 bits per heavy atom. The van der Waals surface area contributed by atoms with Gasteiger partial charge in [0.25, 0.3) is 0 Å². The Bertz CT molecular complexity index is 646. The molecule has 3 N–H and O–H groups in total. The van der Waals surface area contributed by atoms with Gasteiger partial charge < -0.3 is 20.1 Å². The molecule has 0 spiro atoms. The van der Waals surface area contributed by atoms with Crippen molar-refractivity contribution in [3.05, 3.63) is 17.6 Å². The lowest BCUT2D eigenvalue weighted by Crippen LogP contribution is -2.33. The summed E-state index contributed by atoms with van der Waals surface area (Å²) in [5.41, 5.74) is 0.407. The first kappa shape index (κ1) is 13.0. The van der Waals surface area contributed by atoms with Crippen molar-refractivity contribution in [2.75, 3.05) is 6.61 Å². The highest BCUT2D eigenvalue weighted by atomic mass is 16.6. The predicted octanol–water partition coefficient (Wildman–Crippen LogP) is -1.16. The fraction of sp³-hybridized carbons (Fsp3) is 0.500. The van der Waals surface area contributed by atoms with Crippen LogP contribution in [0.15, 0.2) is 17.8 Å². The first-order valence-corrected chi connectivity index (χ1v) is 5.80. The number of imidazole rings is 1. The van der Waals surface area contributed by atoms with Gasteiger partial charge >= 0.3 is 0 Å². The van der Waals surface area contributed by atoms with Gasteiger partial charge in [0, 0.05) is 0 Å². The lowest BCUT2D eigenvalue weighted by molar-refractivity contribution is -0.0511. The van der Waals surface area contributed by atoms with Crippen molar-refractivity contribution in [3.63, 3.8) is 0 Å². The van der Waals surface area contributed by atoms with Gasteiger partial charge in [0.1, 0.15) is 24.6 Å². The molecule has 2 aromatic heterocycles. The average molecular weight is 281 g/mol. The Morgan fingerprint density at radius 2 is 2.10 bits per heavy atom. The third-order valence-electron chi connectivity index (χ3n) is 3.22. The molecular weight excluding hydrogens is 270 g/mol. The van der Waals surface area contributed by atoms with Crippen LogP contribution in [0.2, 0.25) is 0 Å². The van der Waals surface area contributed by atoms with Crippen LogP contribution in [0.4, 0.5) is 5.82 Å². The van der Waals surface area contributed by atoms with Crippen LogP contribution in [-0.2, 0) is 4.74 Å². The van der Waals surface area contributed by atoms with Gasteiger partial charge in [-0.25, -0.2) is 15.0 Å². The number of ether oxygens (including phenoxy) is 1. The molecule has 0 radical (unpaired) electrons. The Labute approximate surface area is 111 Å². The van der Waals surface area contributed by atoms with E-state index in [1.165, 1.54) is 10.9 Å². The van der Waals surface area contributed by atoms with Crippen molar-refractivity contribution in [1.29, 1.82) is 0 Å². The molecule has 4 atom stereocenters. The summed E-state index contributed by atoms with van der Waals surface area (Å²) in [5, 5.41) is 31.5. The van der Waals surface area contributed by atoms with E-state index >= 15 is 0 Å². The number of hydrogen-bond acceptors (Lipinski definition) is 9. The van der Waals surface area contributed by atoms with E-state index in [2.05, 4.69) is 20.1 Å². The number of aliphatic hydroxyl groups is 3. The van der Waals surface area contributed by atoms with E-state index in [9.17, 15) is 15.1 Å². The molecule has 1 saturated heterocycles. The highest BCUT2D eigenvalue weighted by Gasteiger charge is 2.44. The van der Waals surface area contributed by atoms with Crippen LogP contribution in [0.25, 0.3) is 11.2 Å². The van der Waals surface area contributed by atoms with E-state index < -0.39 is 31.1 Å². The third-order valence-corrected chi connectivity index (χ3v) is 3.22. The Morgan fingerprint density at radius 3 is 2.75 bits per heavy atom. The zero-order chi connectivity index (χ0) is 14.3. The van der Waals surface area contributed by atoms with E-state index in [0.717, 1.165) is 6.33 Å².